The lowest BCUT2D eigenvalue weighted by atomic mass is 10.0. The van der Waals surface area contributed by atoms with Gasteiger partial charge < -0.3 is 10.1 Å². The smallest absolute Gasteiger partial charge is 0.225 e. The molecule has 8 heteroatoms. The second-order valence-corrected chi connectivity index (χ2v) is 16.2. The Balaban J connectivity index is 1.54. The SMILES string of the molecule is C[Si](C)(C)CCOCn1nc(-c2ccncc2)c(C2CC2)c1NC(=O)CCc1ccc(Cl)cc1. The van der Waals surface area contributed by atoms with Crippen molar-refractivity contribution < 1.29 is 9.53 Å². The van der Waals surface area contributed by atoms with E-state index in [1.54, 1.807) is 12.4 Å². The van der Waals surface area contributed by atoms with Crippen LogP contribution in [0.2, 0.25) is 30.7 Å². The second kappa shape index (κ2) is 10.8. The van der Waals surface area contributed by atoms with E-state index >= 15 is 0 Å². The highest BCUT2D eigenvalue weighted by molar-refractivity contribution is 6.76. The molecule has 0 unspecified atom stereocenters. The van der Waals surface area contributed by atoms with Gasteiger partial charge in [0.15, 0.2) is 0 Å². The van der Waals surface area contributed by atoms with Crippen LogP contribution in [-0.4, -0.2) is 35.4 Å². The van der Waals surface area contributed by atoms with Crippen LogP contribution in [-0.2, 0) is 22.7 Å². The Labute approximate surface area is 207 Å². The Hall–Kier alpha value is -2.48. The van der Waals surface area contributed by atoms with Crippen molar-refractivity contribution in [2.45, 2.75) is 64.0 Å². The Bertz CT molecular complexity index is 1110. The molecule has 1 N–H and O–H groups in total. The van der Waals surface area contributed by atoms with Crippen molar-refractivity contribution in [2.24, 2.45) is 0 Å². The van der Waals surface area contributed by atoms with Crippen molar-refractivity contribution in [3.63, 3.8) is 0 Å². The zero-order valence-corrected chi connectivity index (χ0v) is 21.9. The van der Waals surface area contributed by atoms with Crippen LogP contribution in [0.3, 0.4) is 0 Å². The molecule has 0 bridgehead atoms. The van der Waals surface area contributed by atoms with Crippen LogP contribution in [0.4, 0.5) is 5.82 Å². The van der Waals surface area contributed by atoms with Gasteiger partial charge in [-0.25, -0.2) is 4.68 Å². The lowest BCUT2D eigenvalue weighted by Gasteiger charge is -2.16. The van der Waals surface area contributed by atoms with E-state index in [0.29, 0.717) is 37.1 Å². The summed E-state index contributed by atoms with van der Waals surface area (Å²) < 4.78 is 7.85. The summed E-state index contributed by atoms with van der Waals surface area (Å²) in [7, 11) is -1.19. The molecule has 3 aromatic rings. The van der Waals surface area contributed by atoms with Gasteiger partial charge in [0.2, 0.25) is 5.91 Å². The molecule has 0 atom stereocenters. The molecule has 4 rings (SSSR count). The zero-order valence-electron chi connectivity index (χ0n) is 20.2. The predicted molar refractivity (Wildman–Crippen MR) is 140 cm³/mol. The number of hydrogen-bond acceptors (Lipinski definition) is 4. The monoisotopic (exact) mass is 496 g/mol. The third-order valence-corrected chi connectivity index (χ3v) is 7.91. The molecular formula is C26H33ClN4O2Si. The lowest BCUT2D eigenvalue weighted by molar-refractivity contribution is -0.116. The van der Waals surface area contributed by atoms with Gasteiger partial charge in [-0.05, 0) is 61.1 Å². The normalized spacial score (nSPS) is 13.8. The van der Waals surface area contributed by atoms with E-state index in [0.717, 1.165) is 47.1 Å². The summed E-state index contributed by atoms with van der Waals surface area (Å²) in [5.74, 6) is 1.15. The maximum absolute atomic E-state index is 13.0. The minimum absolute atomic E-state index is 0.0265. The van der Waals surface area contributed by atoms with E-state index in [2.05, 4.69) is 29.9 Å². The van der Waals surface area contributed by atoms with Crippen molar-refractivity contribution in [1.29, 1.82) is 0 Å². The minimum atomic E-state index is -1.19. The third-order valence-electron chi connectivity index (χ3n) is 5.95. The summed E-state index contributed by atoms with van der Waals surface area (Å²) in [6.45, 7) is 8.03. The average Bonchev–Trinajstić information content (AvgIpc) is 3.58. The highest BCUT2D eigenvalue weighted by atomic mass is 35.5. The van der Waals surface area contributed by atoms with E-state index in [-0.39, 0.29) is 5.91 Å². The summed E-state index contributed by atoms with van der Waals surface area (Å²) in [6.07, 6.45) is 6.80. The number of aromatic nitrogens is 3. The van der Waals surface area contributed by atoms with Crippen molar-refractivity contribution >= 4 is 31.4 Å². The fourth-order valence-corrected chi connectivity index (χ4v) is 4.70. The van der Waals surface area contributed by atoms with E-state index in [9.17, 15) is 4.79 Å². The molecule has 1 aliphatic carbocycles. The minimum Gasteiger partial charge on any atom is -0.359 e. The van der Waals surface area contributed by atoms with Crippen LogP contribution >= 0.6 is 11.6 Å². The highest BCUT2D eigenvalue weighted by Crippen LogP contribution is 2.48. The van der Waals surface area contributed by atoms with Gasteiger partial charge in [-0.15, -0.1) is 0 Å². The summed E-state index contributed by atoms with van der Waals surface area (Å²) >= 11 is 5.98. The number of amides is 1. The topological polar surface area (TPSA) is 69.0 Å². The number of benzene rings is 1. The molecule has 2 heterocycles. The van der Waals surface area contributed by atoms with Crippen LogP contribution in [0.5, 0.6) is 0 Å². The standard InChI is InChI=1S/C26H33ClN4O2Si/c1-34(2,3)17-16-33-18-31-26(29-23(32)11-6-19-4-9-22(27)10-5-19)24(20-7-8-20)25(30-31)21-12-14-28-15-13-21/h4-5,9-10,12-15,20H,6-8,11,16-18H2,1-3H3,(H,29,32). The van der Waals surface area contributed by atoms with Crippen LogP contribution in [0.25, 0.3) is 11.3 Å². The lowest BCUT2D eigenvalue weighted by Crippen LogP contribution is -2.22. The van der Waals surface area contributed by atoms with Crippen molar-refractivity contribution in [3.8, 4) is 11.3 Å². The Morgan fingerprint density at radius 3 is 2.50 bits per heavy atom. The number of anilines is 1. The quantitative estimate of drug-likeness (QED) is 0.247. The van der Waals surface area contributed by atoms with Gasteiger partial charge in [0.25, 0.3) is 0 Å². The first-order valence-corrected chi connectivity index (χ1v) is 16.0. The highest BCUT2D eigenvalue weighted by Gasteiger charge is 2.34. The molecule has 6 nitrogen and oxygen atoms in total. The molecule has 0 radical (unpaired) electrons. The van der Waals surface area contributed by atoms with Gasteiger partial charge in [-0.2, -0.15) is 5.10 Å². The van der Waals surface area contributed by atoms with Gasteiger partial charge in [0, 0.05) is 49.6 Å². The molecule has 0 saturated heterocycles. The average molecular weight is 497 g/mol. The Kier molecular flexibility index (Phi) is 7.86. The summed E-state index contributed by atoms with van der Waals surface area (Å²) in [5, 5.41) is 8.78. The van der Waals surface area contributed by atoms with Crippen molar-refractivity contribution in [3.05, 3.63) is 64.9 Å². The first-order chi connectivity index (χ1) is 16.3. The first kappa shape index (κ1) is 24.6. The summed E-state index contributed by atoms with van der Waals surface area (Å²) in [5.41, 5.74) is 4.11. The summed E-state index contributed by atoms with van der Waals surface area (Å²) in [6, 6.07) is 12.7. The zero-order chi connectivity index (χ0) is 24.1. The van der Waals surface area contributed by atoms with Crippen LogP contribution in [0.1, 0.15) is 36.3 Å². The van der Waals surface area contributed by atoms with Gasteiger partial charge in [0.1, 0.15) is 12.5 Å². The number of halogens is 1. The number of ether oxygens (including phenoxy) is 1. The molecule has 1 amide bonds. The molecule has 1 aromatic carbocycles. The van der Waals surface area contributed by atoms with E-state index in [1.165, 1.54) is 0 Å². The third kappa shape index (κ3) is 6.78. The number of nitrogens with one attached hydrogen (secondary N) is 1. The van der Waals surface area contributed by atoms with Gasteiger partial charge >= 0.3 is 0 Å². The Morgan fingerprint density at radius 2 is 1.85 bits per heavy atom. The fraction of sp³-hybridized carbons (Fsp3) is 0.423. The summed E-state index contributed by atoms with van der Waals surface area (Å²) in [4.78, 5) is 17.1. The maximum atomic E-state index is 13.0. The molecule has 180 valence electrons. The number of hydrogen-bond donors (Lipinski definition) is 1. The first-order valence-electron chi connectivity index (χ1n) is 11.9. The van der Waals surface area contributed by atoms with Gasteiger partial charge in [-0.1, -0.05) is 43.4 Å². The number of aryl methyl sites for hydroxylation is 1. The molecule has 1 saturated carbocycles. The molecule has 0 spiro atoms. The van der Waals surface area contributed by atoms with E-state index < -0.39 is 8.07 Å². The van der Waals surface area contributed by atoms with Crippen molar-refractivity contribution in [2.75, 3.05) is 11.9 Å². The number of carbonyl (C=O) groups is 1. The van der Waals surface area contributed by atoms with Crippen LogP contribution in [0.15, 0.2) is 48.8 Å². The van der Waals surface area contributed by atoms with Crippen LogP contribution in [0, 0.1) is 0 Å². The second-order valence-electron chi connectivity index (χ2n) is 10.1. The predicted octanol–water partition coefficient (Wildman–Crippen LogP) is 6.36. The van der Waals surface area contributed by atoms with Gasteiger partial charge in [0.05, 0.1) is 5.69 Å². The number of carbonyl (C=O) groups excluding carboxylic acids is 1. The van der Waals surface area contributed by atoms with Crippen molar-refractivity contribution in [1.82, 2.24) is 14.8 Å². The molecule has 1 fully saturated rings. The number of rotatable bonds is 11. The number of nitrogens with zero attached hydrogens (tertiary/aromatic N) is 3. The largest absolute Gasteiger partial charge is 0.359 e. The molecule has 34 heavy (non-hydrogen) atoms. The van der Waals surface area contributed by atoms with E-state index in [1.807, 2.05) is 41.1 Å². The molecule has 2 aromatic heterocycles. The Morgan fingerprint density at radius 1 is 1.15 bits per heavy atom. The molecule has 1 aliphatic rings. The maximum Gasteiger partial charge on any atom is 0.225 e. The fourth-order valence-electron chi connectivity index (χ4n) is 3.82. The molecular weight excluding hydrogens is 464 g/mol. The van der Waals surface area contributed by atoms with E-state index in [4.69, 9.17) is 21.4 Å². The van der Waals surface area contributed by atoms with Crippen LogP contribution < -0.4 is 5.32 Å². The number of pyridine rings is 1. The van der Waals surface area contributed by atoms with Gasteiger partial charge in [-0.3, -0.25) is 9.78 Å². The molecule has 0 aliphatic heterocycles.